The van der Waals surface area contributed by atoms with E-state index in [1.165, 1.54) is 11.0 Å². The Balaban J connectivity index is 1.94. The number of halogens is 1. The van der Waals surface area contributed by atoms with Crippen LogP contribution in [0.4, 0.5) is 21.5 Å². The van der Waals surface area contributed by atoms with Crippen LogP contribution in [0.3, 0.4) is 0 Å². The van der Waals surface area contributed by atoms with Crippen molar-refractivity contribution < 1.29 is 18.9 Å². The first-order chi connectivity index (χ1) is 12.3. The van der Waals surface area contributed by atoms with Crippen molar-refractivity contribution in [2.75, 3.05) is 31.3 Å². The Labute approximate surface area is 148 Å². The van der Waals surface area contributed by atoms with Gasteiger partial charge in [-0.3, -0.25) is 19.7 Å². The number of nitrogens with one attached hydrogen (secondary N) is 2. The first-order valence-electron chi connectivity index (χ1n) is 7.57. The number of nitro benzene ring substituents is 1. The standard InChI is InChI=1S/C17H17FN4O4/c1-21(2)17(24)11-3-5-12(6-4-11)20-16(23)10-19-13-7-8-14(18)15(9-13)22(25)26/h3-9,19H,10H2,1-2H3,(H,20,23). The summed E-state index contributed by atoms with van der Waals surface area (Å²) in [7, 11) is 3.28. The molecular weight excluding hydrogens is 343 g/mol. The number of carbonyl (C=O) groups is 2. The molecule has 136 valence electrons. The lowest BCUT2D eigenvalue weighted by molar-refractivity contribution is -0.387. The maximum Gasteiger partial charge on any atom is 0.306 e. The zero-order valence-electron chi connectivity index (χ0n) is 14.2. The number of benzene rings is 2. The molecular formula is C17H17FN4O4. The van der Waals surface area contributed by atoms with Crippen LogP contribution in [0, 0.1) is 15.9 Å². The van der Waals surface area contributed by atoms with Crippen molar-refractivity contribution in [2.45, 2.75) is 0 Å². The smallest absolute Gasteiger partial charge is 0.306 e. The number of nitro groups is 1. The molecule has 0 saturated heterocycles. The summed E-state index contributed by atoms with van der Waals surface area (Å²) in [6.07, 6.45) is 0. The molecule has 0 unspecified atom stereocenters. The number of nitrogens with zero attached hydrogens (tertiary/aromatic N) is 2. The van der Waals surface area contributed by atoms with Gasteiger partial charge < -0.3 is 15.5 Å². The molecule has 0 spiro atoms. The lowest BCUT2D eigenvalue weighted by atomic mass is 10.2. The summed E-state index contributed by atoms with van der Waals surface area (Å²) in [4.78, 5) is 35.0. The summed E-state index contributed by atoms with van der Waals surface area (Å²) >= 11 is 0. The highest BCUT2D eigenvalue weighted by atomic mass is 19.1. The van der Waals surface area contributed by atoms with E-state index in [9.17, 15) is 24.1 Å². The second-order valence-corrected chi connectivity index (χ2v) is 5.60. The molecule has 2 rings (SSSR count). The van der Waals surface area contributed by atoms with Gasteiger partial charge in [-0.05, 0) is 36.4 Å². The predicted molar refractivity (Wildman–Crippen MR) is 94.6 cm³/mol. The van der Waals surface area contributed by atoms with Gasteiger partial charge in [0.2, 0.25) is 11.7 Å². The summed E-state index contributed by atoms with van der Waals surface area (Å²) in [5, 5.41) is 16.0. The summed E-state index contributed by atoms with van der Waals surface area (Å²) in [6.45, 7) is -0.166. The van der Waals surface area contributed by atoms with Gasteiger partial charge in [-0.2, -0.15) is 4.39 Å². The fourth-order valence-corrected chi connectivity index (χ4v) is 2.10. The minimum atomic E-state index is -0.947. The number of hydrogen-bond donors (Lipinski definition) is 2. The lowest BCUT2D eigenvalue weighted by Gasteiger charge is -2.11. The molecule has 0 fully saturated rings. The van der Waals surface area contributed by atoms with E-state index in [4.69, 9.17) is 0 Å². The highest BCUT2D eigenvalue weighted by molar-refractivity contribution is 5.96. The second kappa shape index (κ2) is 8.06. The van der Waals surface area contributed by atoms with Crippen LogP contribution in [-0.4, -0.2) is 42.3 Å². The van der Waals surface area contributed by atoms with Crippen LogP contribution in [-0.2, 0) is 4.79 Å². The summed E-state index contributed by atoms with van der Waals surface area (Å²) in [5.74, 6) is -1.50. The number of amides is 2. The van der Waals surface area contributed by atoms with Crippen LogP contribution < -0.4 is 10.6 Å². The van der Waals surface area contributed by atoms with E-state index in [1.807, 2.05) is 0 Å². The zero-order valence-corrected chi connectivity index (χ0v) is 14.2. The molecule has 0 saturated carbocycles. The largest absolute Gasteiger partial charge is 0.376 e. The van der Waals surface area contributed by atoms with Gasteiger partial charge in [0, 0.05) is 37.1 Å². The predicted octanol–water partition coefficient (Wildman–Crippen LogP) is 2.49. The molecule has 0 bridgehead atoms. The third-order valence-corrected chi connectivity index (χ3v) is 3.42. The first kappa shape index (κ1) is 18.8. The maximum atomic E-state index is 13.3. The minimum Gasteiger partial charge on any atom is -0.376 e. The molecule has 0 aromatic heterocycles. The third kappa shape index (κ3) is 4.76. The van der Waals surface area contributed by atoms with Gasteiger partial charge in [0.25, 0.3) is 5.91 Å². The van der Waals surface area contributed by atoms with E-state index in [0.717, 1.165) is 12.1 Å². The van der Waals surface area contributed by atoms with Crippen molar-refractivity contribution >= 4 is 28.9 Å². The molecule has 2 amide bonds. The average molecular weight is 360 g/mol. The van der Waals surface area contributed by atoms with Gasteiger partial charge in [0.15, 0.2) is 0 Å². The Hall–Kier alpha value is -3.49. The SMILES string of the molecule is CN(C)C(=O)c1ccc(NC(=O)CNc2ccc(F)c([N+](=O)[O-])c2)cc1. The number of anilines is 2. The van der Waals surface area contributed by atoms with E-state index < -0.39 is 22.3 Å². The van der Waals surface area contributed by atoms with Gasteiger partial charge in [-0.25, -0.2) is 0 Å². The lowest BCUT2D eigenvalue weighted by Crippen LogP contribution is -2.23. The monoisotopic (exact) mass is 360 g/mol. The van der Waals surface area contributed by atoms with Crippen LogP contribution in [0.15, 0.2) is 42.5 Å². The Morgan fingerprint density at radius 1 is 1.12 bits per heavy atom. The molecule has 0 heterocycles. The fraction of sp³-hybridized carbons (Fsp3) is 0.176. The van der Waals surface area contributed by atoms with E-state index in [2.05, 4.69) is 10.6 Å². The molecule has 0 aliphatic carbocycles. The van der Waals surface area contributed by atoms with Gasteiger partial charge in [0.1, 0.15) is 0 Å². The first-order valence-corrected chi connectivity index (χ1v) is 7.57. The second-order valence-electron chi connectivity index (χ2n) is 5.60. The van der Waals surface area contributed by atoms with Crippen LogP contribution >= 0.6 is 0 Å². The quantitative estimate of drug-likeness (QED) is 0.608. The molecule has 2 aromatic rings. The minimum absolute atomic E-state index is 0.151. The molecule has 9 heteroatoms. The van der Waals surface area contributed by atoms with Crippen LogP contribution in [0.5, 0.6) is 0 Å². The fourth-order valence-electron chi connectivity index (χ4n) is 2.10. The normalized spacial score (nSPS) is 10.1. The van der Waals surface area contributed by atoms with Crippen LogP contribution in [0.25, 0.3) is 0 Å². The number of rotatable bonds is 6. The van der Waals surface area contributed by atoms with E-state index >= 15 is 0 Å². The molecule has 0 aliphatic rings. The van der Waals surface area contributed by atoms with Gasteiger partial charge in [-0.1, -0.05) is 0 Å². The van der Waals surface area contributed by atoms with Crippen molar-refractivity contribution in [3.05, 3.63) is 64.0 Å². The third-order valence-electron chi connectivity index (χ3n) is 3.42. The highest BCUT2D eigenvalue weighted by Crippen LogP contribution is 2.21. The Morgan fingerprint density at radius 2 is 1.73 bits per heavy atom. The van der Waals surface area contributed by atoms with Crippen molar-refractivity contribution in [3.8, 4) is 0 Å². The molecule has 2 aromatic carbocycles. The van der Waals surface area contributed by atoms with E-state index in [1.54, 1.807) is 38.4 Å². The molecule has 0 radical (unpaired) electrons. The Bertz CT molecular complexity index is 837. The molecule has 0 atom stereocenters. The number of hydrogen-bond acceptors (Lipinski definition) is 5. The molecule has 26 heavy (non-hydrogen) atoms. The van der Waals surface area contributed by atoms with Crippen molar-refractivity contribution in [3.63, 3.8) is 0 Å². The van der Waals surface area contributed by atoms with Crippen molar-refractivity contribution in [1.29, 1.82) is 0 Å². The van der Waals surface area contributed by atoms with Gasteiger partial charge in [0.05, 0.1) is 11.5 Å². The van der Waals surface area contributed by atoms with Gasteiger partial charge >= 0.3 is 5.69 Å². The maximum absolute atomic E-state index is 13.3. The van der Waals surface area contributed by atoms with Gasteiger partial charge in [-0.15, -0.1) is 0 Å². The molecule has 2 N–H and O–H groups in total. The Morgan fingerprint density at radius 3 is 2.31 bits per heavy atom. The highest BCUT2D eigenvalue weighted by Gasteiger charge is 2.14. The van der Waals surface area contributed by atoms with Crippen molar-refractivity contribution in [1.82, 2.24) is 4.90 Å². The molecule has 8 nitrogen and oxygen atoms in total. The van der Waals surface area contributed by atoms with Crippen LogP contribution in [0.2, 0.25) is 0 Å². The Kier molecular flexibility index (Phi) is 5.84. The summed E-state index contributed by atoms with van der Waals surface area (Å²) in [5.41, 5.74) is 0.568. The topological polar surface area (TPSA) is 105 Å². The van der Waals surface area contributed by atoms with E-state index in [-0.39, 0.29) is 18.1 Å². The summed E-state index contributed by atoms with van der Waals surface area (Å²) < 4.78 is 13.3. The molecule has 0 aliphatic heterocycles. The zero-order chi connectivity index (χ0) is 19.3. The summed E-state index contributed by atoms with van der Waals surface area (Å²) in [6, 6.07) is 9.65. The van der Waals surface area contributed by atoms with Crippen LogP contribution in [0.1, 0.15) is 10.4 Å². The average Bonchev–Trinajstić information content (AvgIpc) is 2.60. The van der Waals surface area contributed by atoms with E-state index in [0.29, 0.717) is 11.3 Å². The number of carbonyl (C=O) groups excluding carboxylic acids is 2. The van der Waals surface area contributed by atoms with Crippen molar-refractivity contribution in [2.24, 2.45) is 0 Å².